The molecule has 1 aliphatic rings. The van der Waals surface area contributed by atoms with Crippen molar-refractivity contribution < 1.29 is 45.8 Å². The van der Waals surface area contributed by atoms with Gasteiger partial charge in [0.25, 0.3) is 0 Å². The Morgan fingerprint density at radius 1 is 1.00 bits per heavy atom. The van der Waals surface area contributed by atoms with E-state index in [2.05, 4.69) is 14.8 Å². The van der Waals surface area contributed by atoms with Gasteiger partial charge >= 0.3 is 11.9 Å². The molecule has 0 bridgehead atoms. The molecule has 0 radical (unpaired) electrons. The van der Waals surface area contributed by atoms with Gasteiger partial charge in [-0.25, -0.2) is 18.0 Å². The van der Waals surface area contributed by atoms with Gasteiger partial charge in [-0.2, -0.15) is 8.78 Å². The summed E-state index contributed by atoms with van der Waals surface area (Å²) < 4.78 is 83.7. The zero-order valence-corrected chi connectivity index (χ0v) is 17.6. The first-order valence-electron chi connectivity index (χ1n) is 9.25. The largest absolute Gasteiger partial charge is 0.446 e. The molecule has 1 aromatic rings. The van der Waals surface area contributed by atoms with Gasteiger partial charge in [0.15, 0.2) is 0 Å². The minimum absolute atomic E-state index is 0.0749. The highest BCUT2D eigenvalue weighted by Crippen LogP contribution is 2.60. The summed E-state index contributed by atoms with van der Waals surface area (Å²) >= 11 is 0. The first kappa shape index (κ1) is 25.3. The summed E-state index contributed by atoms with van der Waals surface area (Å²) in [5.41, 5.74) is 4.02. The second-order valence-electron chi connectivity index (χ2n) is 8.10. The lowest BCUT2D eigenvalue weighted by Gasteiger charge is -2.45. The fraction of sp³-hybridized carbons (Fsp3) is 0.579. The first-order valence-corrected chi connectivity index (χ1v) is 9.25. The summed E-state index contributed by atoms with van der Waals surface area (Å²) in [4.78, 5) is 27.8. The zero-order chi connectivity index (χ0) is 24.5. The highest BCUT2D eigenvalue weighted by Gasteiger charge is 2.68. The third-order valence-electron chi connectivity index (χ3n) is 6.26. The van der Waals surface area contributed by atoms with Gasteiger partial charge in [-0.05, 0) is 18.4 Å². The molecule has 0 aliphatic heterocycles. The quantitative estimate of drug-likeness (QED) is 0.0869. The lowest BCUT2D eigenvalue weighted by atomic mass is 9.64. The van der Waals surface area contributed by atoms with Gasteiger partial charge in [-0.15, -0.1) is 0 Å². The average molecular weight is 465 g/mol. The Labute approximate surface area is 179 Å². The second kappa shape index (κ2) is 8.91. The second-order valence-corrected chi connectivity index (χ2v) is 8.10. The van der Waals surface area contributed by atoms with Crippen molar-refractivity contribution in [1.82, 2.24) is 0 Å². The molecule has 0 spiro atoms. The van der Waals surface area contributed by atoms with E-state index in [-0.39, 0.29) is 19.4 Å². The van der Waals surface area contributed by atoms with E-state index in [1.165, 1.54) is 21.0 Å². The lowest BCUT2D eigenvalue weighted by Crippen LogP contribution is -2.57. The maximum Gasteiger partial charge on any atom is 0.356 e. The third-order valence-corrected chi connectivity index (χ3v) is 6.26. The average Bonchev–Trinajstić information content (AvgIpc) is 2.93. The van der Waals surface area contributed by atoms with Crippen molar-refractivity contribution in [3.05, 3.63) is 39.5 Å². The molecule has 0 heterocycles. The number of azide groups is 1. The molecule has 0 unspecified atom stereocenters. The van der Waals surface area contributed by atoms with Crippen LogP contribution in [0.25, 0.3) is 10.4 Å². The van der Waals surface area contributed by atoms with Gasteiger partial charge in [0.2, 0.25) is 40.4 Å². The number of ether oxygens (including phenoxy) is 3. The summed E-state index contributed by atoms with van der Waals surface area (Å²) in [5.74, 6) is -16.3. The fourth-order valence-corrected chi connectivity index (χ4v) is 3.88. The van der Waals surface area contributed by atoms with Crippen molar-refractivity contribution in [3.8, 4) is 5.75 Å². The van der Waals surface area contributed by atoms with Crippen LogP contribution >= 0.6 is 0 Å². The molecular weight excluding hydrogens is 445 g/mol. The van der Waals surface area contributed by atoms with E-state index in [9.17, 15) is 31.5 Å². The van der Waals surface area contributed by atoms with Crippen molar-refractivity contribution in [3.63, 3.8) is 0 Å². The summed E-state index contributed by atoms with van der Waals surface area (Å²) in [6.45, 7) is 3.96. The molecule has 1 aromatic carbocycles. The van der Waals surface area contributed by atoms with Crippen molar-refractivity contribution in [2.24, 2.45) is 15.9 Å². The smallest absolute Gasteiger partial charge is 0.356 e. The van der Waals surface area contributed by atoms with E-state index >= 15 is 0 Å². The molecule has 2 atom stereocenters. The van der Waals surface area contributed by atoms with E-state index in [0.717, 1.165) is 0 Å². The van der Waals surface area contributed by atoms with Crippen LogP contribution in [0.5, 0.6) is 5.75 Å². The highest BCUT2D eigenvalue weighted by atomic mass is 19.2. The molecule has 32 heavy (non-hydrogen) atoms. The summed E-state index contributed by atoms with van der Waals surface area (Å²) in [7, 11) is 1.39. The maximum absolute atomic E-state index is 14.1. The third kappa shape index (κ3) is 3.86. The predicted molar refractivity (Wildman–Crippen MR) is 97.7 cm³/mol. The van der Waals surface area contributed by atoms with E-state index in [0.29, 0.717) is 0 Å². The first-order chi connectivity index (χ1) is 14.8. The van der Waals surface area contributed by atoms with Crippen molar-refractivity contribution in [2.45, 2.75) is 39.2 Å². The minimum Gasteiger partial charge on any atom is -0.446 e. The number of benzene rings is 1. The number of rotatable bonds is 7. The standard InChI is InChI=1S/C19H20F5N3O5/c1-17(2)18(3,8-30-4)5-6-19(17,32-9(28)7-26-27-25)16(29)31-15-13(23)11(21)10(20)12(22)14(15)24/h5-8H2,1-4H3/t18-,19+/m0/s1. The van der Waals surface area contributed by atoms with E-state index in [4.69, 9.17) is 15.0 Å². The number of nitrogens with zero attached hydrogens (tertiary/aromatic N) is 3. The Bertz CT molecular complexity index is 969. The maximum atomic E-state index is 14.1. The number of carbonyl (C=O) groups excluding carboxylic acids is 2. The number of halogens is 5. The number of hydrogen-bond donors (Lipinski definition) is 0. The normalized spacial score (nSPS) is 24.0. The van der Waals surface area contributed by atoms with Crippen LogP contribution in [0.2, 0.25) is 0 Å². The summed E-state index contributed by atoms with van der Waals surface area (Å²) in [6, 6.07) is 0. The number of esters is 2. The van der Waals surface area contributed by atoms with Gasteiger partial charge in [0, 0.05) is 22.9 Å². The van der Waals surface area contributed by atoms with E-state index in [1.54, 1.807) is 6.92 Å². The molecule has 0 aromatic heterocycles. The van der Waals surface area contributed by atoms with E-state index < -0.39 is 69.8 Å². The van der Waals surface area contributed by atoms with Crippen molar-refractivity contribution in [2.75, 3.05) is 20.3 Å². The van der Waals surface area contributed by atoms with Gasteiger partial charge in [-0.3, -0.25) is 4.79 Å². The lowest BCUT2D eigenvalue weighted by molar-refractivity contribution is -0.194. The molecule has 1 aliphatic carbocycles. The molecule has 0 saturated heterocycles. The van der Waals surface area contributed by atoms with Crippen LogP contribution in [0.3, 0.4) is 0 Å². The fourth-order valence-electron chi connectivity index (χ4n) is 3.88. The van der Waals surface area contributed by atoms with Crippen LogP contribution in [0, 0.1) is 39.9 Å². The van der Waals surface area contributed by atoms with Crippen molar-refractivity contribution >= 4 is 11.9 Å². The summed E-state index contributed by atoms with van der Waals surface area (Å²) in [6.07, 6.45) is -0.0229. The summed E-state index contributed by atoms with van der Waals surface area (Å²) in [5, 5.41) is 3.04. The Morgan fingerprint density at radius 3 is 2.03 bits per heavy atom. The number of carbonyl (C=O) groups is 2. The molecule has 0 N–H and O–H groups in total. The zero-order valence-electron chi connectivity index (χ0n) is 17.6. The van der Waals surface area contributed by atoms with Gasteiger partial charge in [0.05, 0.1) is 6.61 Å². The molecule has 8 nitrogen and oxygen atoms in total. The molecule has 13 heteroatoms. The SMILES string of the molecule is COC[C@]1(C)CC[C@@](OC(=O)CN=[N+]=[N-])(C(=O)Oc2c(F)c(F)c(F)c(F)c2F)C1(C)C. The Kier molecular flexibility index (Phi) is 7.05. The van der Waals surface area contributed by atoms with Crippen LogP contribution in [-0.4, -0.2) is 37.8 Å². The Morgan fingerprint density at radius 2 is 1.53 bits per heavy atom. The number of hydrogen-bond acceptors (Lipinski definition) is 6. The molecule has 1 fully saturated rings. The van der Waals surface area contributed by atoms with Crippen molar-refractivity contribution in [1.29, 1.82) is 0 Å². The molecule has 0 amide bonds. The van der Waals surface area contributed by atoms with Gasteiger partial charge < -0.3 is 14.2 Å². The predicted octanol–water partition coefficient (Wildman–Crippen LogP) is 4.35. The minimum atomic E-state index is -2.43. The van der Waals surface area contributed by atoms with Gasteiger partial charge in [0.1, 0.15) is 6.54 Å². The monoisotopic (exact) mass is 465 g/mol. The van der Waals surface area contributed by atoms with Crippen LogP contribution < -0.4 is 4.74 Å². The molecular formula is C19H20F5N3O5. The van der Waals surface area contributed by atoms with Crippen LogP contribution in [0.1, 0.15) is 33.6 Å². The van der Waals surface area contributed by atoms with Crippen LogP contribution in [0.15, 0.2) is 5.11 Å². The molecule has 2 rings (SSSR count). The number of methoxy groups -OCH3 is 1. The van der Waals surface area contributed by atoms with Crippen LogP contribution in [0.4, 0.5) is 22.0 Å². The molecule has 1 saturated carbocycles. The van der Waals surface area contributed by atoms with Gasteiger partial charge in [-0.1, -0.05) is 25.9 Å². The van der Waals surface area contributed by atoms with E-state index in [1.807, 2.05) is 0 Å². The molecule has 176 valence electrons. The van der Waals surface area contributed by atoms with Crippen LogP contribution in [-0.2, 0) is 19.1 Å². The highest BCUT2D eigenvalue weighted by molar-refractivity contribution is 5.87. The Balaban J connectivity index is 2.59. The Hall–Kier alpha value is -2.92. The topological polar surface area (TPSA) is 111 Å².